The molecule has 0 atom stereocenters. The summed E-state index contributed by atoms with van der Waals surface area (Å²) in [7, 11) is 0. The van der Waals surface area contributed by atoms with E-state index in [1.54, 1.807) is 12.1 Å². The van der Waals surface area contributed by atoms with Crippen LogP contribution < -0.4 is 10.6 Å². The number of nitrogens with one attached hydrogen (secondary N) is 2. The van der Waals surface area contributed by atoms with Crippen LogP contribution in [0.5, 0.6) is 0 Å². The molecule has 0 aromatic heterocycles. The molecule has 0 aliphatic heterocycles. The minimum Gasteiger partial charge on any atom is -0.463 e. The molecule has 2 aliphatic rings. The lowest BCUT2D eigenvalue weighted by Crippen LogP contribution is -2.44. The van der Waals surface area contributed by atoms with Gasteiger partial charge in [-0.3, -0.25) is 10.1 Å². The molecule has 1 amide bonds. The predicted octanol–water partition coefficient (Wildman–Crippen LogP) is 5.39. The predicted molar refractivity (Wildman–Crippen MR) is 138 cm³/mol. The highest BCUT2D eigenvalue weighted by Gasteiger charge is 2.46. The molecule has 1 fully saturated rings. The Morgan fingerprint density at radius 2 is 1.68 bits per heavy atom. The molecule has 1 saturated carbocycles. The zero-order valence-corrected chi connectivity index (χ0v) is 20.9. The molecule has 178 valence electrons. The number of aryl methyl sites for hydroxylation is 2. The summed E-state index contributed by atoms with van der Waals surface area (Å²) in [6.07, 6.45) is 6.01. The topological polar surface area (TPSA) is 67.4 Å². The standard InChI is InChI=1S/C28H32N2O3S/c1-4-33-26(32)23-24(29-27(34)30-25(31)20-11-7-5-8-12-20)22-19(3)14-13-18(2)21(22)17-28(23)15-9-6-10-16-28/h5,7-8,11-14H,4,6,9-10,15-17H2,1-3H3,(H2,29,30,31,34). The Bertz CT molecular complexity index is 1150. The van der Waals surface area contributed by atoms with Crippen LogP contribution in [-0.2, 0) is 16.0 Å². The average Bonchev–Trinajstić information content (AvgIpc) is 2.82. The lowest BCUT2D eigenvalue weighted by Gasteiger charge is -2.44. The summed E-state index contributed by atoms with van der Waals surface area (Å²) in [6, 6.07) is 13.2. The zero-order chi connectivity index (χ0) is 24.3. The van der Waals surface area contributed by atoms with Crippen LogP contribution >= 0.6 is 12.2 Å². The van der Waals surface area contributed by atoms with Gasteiger partial charge in [-0.05, 0) is 81.1 Å². The number of hydrogen-bond donors (Lipinski definition) is 2. The Kier molecular flexibility index (Phi) is 7.17. The van der Waals surface area contributed by atoms with Crippen molar-refractivity contribution in [2.24, 2.45) is 5.41 Å². The second kappa shape index (κ2) is 10.1. The van der Waals surface area contributed by atoms with Crippen molar-refractivity contribution in [3.8, 4) is 0 Å². The van der Waals surface area contributed by atoms with Gasteiger partial charge in [0.15, 0.2) is 5.11 Å². The Morgan fingerprint density at radius 1 is 1.00 bits per heavy atom. The zero-order valence-electron chi connectivity index (χ0n) is 20.1. The number of carbonyl (C=O) groups is 2. The van der Waals surface area contributed by atoms with Gasteiger partial charge in [-0.15, -0.1) is 0 Å². The molecule has 0 saturated heterocycles. The molecule has 5 nitrogen and oxygen atoms in total. The molecule has 0 unspecified atom stereocenters. The average molecular weight is 477 g/mol. The van der Waals surface area contributed by atoms with Crippen LogP contribution in [0, 0.1) is 19.3 Å². The molecule has 34 heavy (non-hydrogen) atoms. The first kappa shape index (κ1) is 24.1. The number of esters is 1. The van der Waals surface area contributed by atoms with E-state index in [0.29, 0.717) is 23.4 Å². The maximum atomic E-state index is 13.5. The fraction of sp³-hybridized carbons (Fsp3) is 0.393. The van der Waals surface area contributed by atoms with E-state index in [1.807, 2.05) is 32.0 Å². The lowest BCUT2D eigenvalue weighted by molar-refractivity contribution is -0.140. The van der Waals surface area contributed by atoms with Gasteiger partial charge in [-0.25, -0.2) is 4.79 Å². The normalized spacial score (nSPS) is 16.6. The van der Waals surface area contributed by atoms with Crippen molar-refractivity contribution < 1.29 is 14.3 Å². The van der Waals surface area contributed by atoms with Crippen molar-refractivity contribution in [1.82, 2.24) is 10.6 Å². The van der Waals surface area contributed by atoms with Crippen molar-refractivity contribution in [3.05, 3.63) is 75.9 Å². The minimum atomic E-state index is -0.296. The highest BCUT2D eigenvalue weighted by Crippen LogP contribution is 2.52. The first-order valence-electron chi connectivity index (χ1n) is 12.0. The number of hydrogen-bond acceptors (Lipinski definition) is 4. The van der Waals surface area contributed by atoms with Gasteiger partial charge in [-0.1, -0.05) is 49.6 Å². The maximum Gasteiger partial charge on any atom is 0.336 e. The molecule has 1 spiro atoms. The van der Waals surface area contributed by atoms with E-state index < -0.39 is 0 Å². The van der Waals surface area contributed by atoms with Crippen LogP contribution in [0.4, 0.5) is 0 Å². The van der Waals surface area contributed by atoms with Crippen LogP contribution in [0.2, 0.25) is 0 Å². The van der Waals surface area contributed by atoms with E-state index in [-0.39, 0.29) is 22.4 Å². The summed E-state index contributed by atoms with van der Waals surface area (Å²) >= 11 is 5.58. The van der Waals surface area contributed by atoms with E-state index in [1.165, 1.54) is 17.5 Å². The Morgan fingerprint density at radius 3 is 2.35 bits per heavy atom. The molecule has 0 bridgehead atoms. The lowest BCUT2D eigenvalue weighted by atomic mass is 9.61. The number of benzene rings is 2. The molecule has 4 rings (SSSR count). The second-order valence-electron chi connectivity index (χ2n) is 9.32. The first-order valence-corrected chi connectivity index (χ1v) is 12.5. The maximum absolute atomic E-state index is 13.5. The van der Waals surface area contributed by atoms with Gasteiger partial charge < -0.3 is 10.1 Å². The van der Waals surface area contributed by atoms with Crippen LogP contribution in [0.25, 0.3) is 5.70 Å². The third kappa shape index (κ3) is 4.64. The number of carbonyl (C=O) groups excluding carboxylic acids is 2. The monoisotopic (exact) mass is 476 g/mol. The van der Waals surface area contributed by atoms with Gasteiger partial charge in [0.1, 0.15) is 0 Å². The molecule has 6 heteroatoms. The number of ether oxygens (including phenoxy) is 1. The van der Waals surface area contributed by atoms with Crippen molar-refractivity contribution in [2.45, 2.75) is 59.3 Å². The molecule has 0 radical (unpaired) electrons. The van der Waals surface area contributed by atoms with Crippen molar-refractivity contribution in [3.63, 3.8) is 0 Å². The largest absolute Gasteiger partial charge is 0.463 e. The first-order chi connectivity index (χ1) is 16.4. The number of amides is 1. The highest BCUT2D eigenvalue weighted by atomic mass is 32.1. The van der Waals surface area contributed by atoms with Gasteiger partial charge in [0.05, 0.1) is 17.9 Å². The molecule has 2 N–H and O–H groups in total. The molecular weight excluding hydrogens is 444 g/mol. The highest BCUT2D eigenvalue weighted by molar-refractivity contribution is 7.80. The van der Waals surface area contributed by atoms with Crippen LogP contribution in [0.15, 0.2) is 48.0 Å². The fourth-order valence-corrected chi connectivity index (χ4v) is 5.67. The Labute approximate surface area is 207 Å². The van der Waals surface area contributed by atoms with Crippen LogP contribution in [0.1, 0.15) is 71.6 Å². The Balaban J connectivity index is 1.81. The summed E-state index contributed by atoms with van der Waals surface area (Å²) in [5, 5.41) is 6.24. The molecule has 2 aromatic carbocycles. The van der Waals surface area contributed by atoms with Gasteiger partial charge in [-0.2, -0.15) is 0 Å². The fourth-order valence-electron chi connectivity index (χ4n) is 5.47. The molecule has 2 aliphatic carbocycles. The summed E-state index contributed by atoms with van der Waals surface area (Å²) in [4.78, 5) is 26.2. The quantitative estimate of drug-likeness (QED) is 0.458. The summed E-state index contributed by atoms with van der Waals surface area (Å²) in [5.41, 5.74) is 6.08. The van der Waals surface area contributed by atoms with Crippen molar-refractivity contribution >= 4 is 34.9 Å². The number of fused-ring (bicyclic) bond motifs is 1. The van der Waals surface area contributed by atoms with Crippen LogP contribution in [-0.4, -0.2) is 23.6 Å². The van der Waals surface area contributed by atoms with E-state index in [0.717, 1.165) is 43.2 Å². The number of thiocarbonyl (C=S) groups is 1. The van der Waals surface area contributed by atoms with E-state index in [9.17, 15) is 9.59 Å². The van der Waals surface area contributed by atoms with Crippen molar-refractivity contribution in [1.29, 1.82) is 0 Å². The third-order valence-electron chi connectivity index (χ3n) is 7.09. The van der Waals surface area contributed by atoms with E-state index >= 15 is 0 Å². The summed E-state index contributed by atoms with van der Waals surface area (Å²) in [6.45, 7) is 6.31. The summed E-state index contributed by atoms with van der Waals surface area (Å²) in [5.74, 6) is -0.587. The number of rotatable bonds is 4. The second-order valence-corrected chi connectivity index (χ2v) is 9.72. The van der Waals surface area contributed by atoms with Gasteiger partial charge in [0.2, 0.25) is 0 Å². The van der Waals surface area contributed by atoms with Gasteiger partial charge in [0.25, 0.3) is 5.91 Å². The molecule has 2 aromatic rings. The molecule has 0 heterocycles. The van der Waals surface area contributed by atoms with Gasteiger partial charge >= 0.3 is 5.97 Å². The van der Waals surface area contributed by atoms with Gasteiger partial charge in [0, 0.05) is 16.5 Å². The molecular formula is C28H32N2O3S. The summed E-state index contributed by atoms with van der Waals surface area (Å²) < 4.78 is 5.59. The van der Waals surface area contributed by atoms with Crippen LogP contribution in [0.3, 0.4) is 0 Å². The third-order valence-corrected chi connectivity index (χ3v) is 7.30. The van der Waals surface area contributed by atoms with E-state index in [4.69, 9.17) is 17.0 Å². The van der Waals surface area contributed by atoms with Crippen molar-refractivity contribution in [2.75, 3.05) is 6.61 Å². The SMILES string of the molecule is CCOC(=O)C1=C(NC(=S)NC(=O)c2ccccc2)c2c(C)ccc(C)c2CC12CCCCC2. The Hall–Kier alpha value is -2.99. The smallest absolute Gasteiger partial charge is 0.336 e. The van der Waals surface area contributed by atoms with E-state index in [2.05, 4.69) is 29.7 Å². The minimum absolute atomic E-state index is 0.172.